The van der Waals surface area contributed by atoms with Crippen molar-refractivity contribution >= 4 is 5.69 Å². The zero-order valence-corrected chi connectivity index (χ0v) is 12.3. The summed E-state index contributed by atoms with van der Waals surface area (Å²) in [6.45, 7) is 5.70. The summed E-state index contributed by atoms with van der Waals surface area (Å²) in [5.74, 6) is 0.404. The Kier molecular flexibility index (Phi) is 5.04. The molecule has 0 aliphatic carbocycles. The molecule has 0 atom stereocenters. The van der Waals surface area contributed by atoms with Gasteiger partial charge in [0.2, 0.25) is 0 Å². The molecule has 0 spiro atoms. The van der Waals surface area contributed by atoms with Crippen molar-refractivity contribution in [2.45, 2.75) is 20.4 Å². The highest BCUT2D eigenvalue weighted by atomic mass is 19.1. The summed E-state index contributed by atoms with van der Waals surface area (Å²) in [6, 6.07) is 11.8. The standard InChI is InChI=1S/C17H20FNO2/c1-3-19(15-10-8-14(18)9-11-15)12-13-6-5-7-16(17(13)20)21-4-2/h5-11,20H,3-4,12H2,1-2H3. The minimum absolute atomic E-state index is 0.167. The van der Waals surface area contributed by atoms with Crippen molar-refractivity contribution < 1.29 is 14.2 Å². The summed E-state index contributed by atoms with van der Waals surface area (Å²) in [5, 5.41) is 10.2. The maximum Gasteiger partial charge on any atom is 0.162 e. The van der Waals surface area contributed by atoms with Crippen LogP contribution in [0, 0.1) is 5.82 Å². The Balaban J connectivity index is 2.22. The van der Waals surface area contributed by atoms with Crippen LogP contribution in [-0.4, -0.2) is 18.3 Å². The Bertz CT molecular complexity index is 584. The van der Waals surface area contributed by atoms with E-state index in [-0.39, 0.29) is 11.6 Å². The molecule has 2 aromatic rings. The fourth-order valence-electron chi connectivity index (χ4n) is 2.21. The molecule has 0 saturated heterocycles. The smallest absolute Gasteiger partial charge is 0.162 e. The van der Waals surface area contributed by atoms with Crippen molar-refractivity contribution in [2.75, 3.05) is 18.1 Å². The van der Waals surface area contributed by atoms with Crippen molar-refractivity contribution in [3.63, 3.8) is 0 Å². The zero-order valence-electron chi connectivity index (χ0n) is 12.3. The van der Waals surface area contributed by atoms with Gasteiger partial charge in [-0.1, -0.05) is 12.1 Å². The molecule has 3 nitrogen and oxygen atoms in total. The molecule has 0 aliphatic heterocycles. The van der Waals surface area contributed by atoms with Crippen LogP contribution in [0.25, 0.3) is 0 Å². The van der Waals surface area contributed by atoms with Gasteiger partial charge in [0, 0.05) is 24.3 Å². The number of anilines is 1. The van der Waals surface area contributed by atoms with Crippen molar-refractivity contribution in [3.8, 4) is 11.5 Å². The highest BCUT2D eigenvalue weighted by Crippen LogP contribution is 2.31. The van der Waals surface area contributed by atoms with E-state index in [0.717, 1.165) is 17.8 Å². The van der Waals surface area contributed by atoms with E-state index in [9.17, 15) is 9.50 Å². The van der Waals surface area contributed by atoms with Gasteiger partial charge in [-0.3, -0.25) is 0 Å². The predicted molar refractivity (Wildman–Crippen MR) is 82.4 cm³/mol. The summed E-state index contributed by atoms with van der Waals surface area (Å²) in [4.78, 5) is 2.06. The second kappa shape index (κ2) is 6.97. The molecule has 0 radical (unpaired) electrons. The molecule has 0 unspecified atom stereocenters. The lowest BCUT2D eigenvalue weighted by Crippen LogP contribution is -2.22. The van der Waals surface area contributed by atoms with Crippen molar-refractivity contribution in [2.24, 2.45) is 0 Å². The lowest BCUT2D eigenvalue weighted by Gasteiger charge is -2.24. The number of halogens is 1. The third kappa shape index (κ3) is 3.66. The highest BCUT2D eigenvalue weighted by molar-refractivity contribution is 5.51. The van der Waals surface area contributed by atoms with Gasteiger partial charge in [-0.25, -0.2) is 4.39 Å². The van der Waals surface area contributed by atoms with Gasteiger partial charge in [0.25, 0.3) is 0 Å². The molecular formula is C17H20FNO2. The summed E-state index contributed by atoms with van der Waals surface area (Å²) in [5.41, 5.74) is 1.70. The van der Waals surface area contributed by atoms with Crippen LogP contribution in [0.5, 0.6) is 11.5 Å². The van der Waals surface area contributed by atoms with Gasteiger partial charge in [-0.15, -0.1) is 0 Å². The molecule has 2 aromatic carbocycles. The molecule has 4 heteroatoms. The number of rotatable bonds is 6. The monoisotopic (exact) mass is 289 g/mol. The number of aromatic hydroxyl groups is 1. The predicted octanol–water partition coefficient (Wildman–Crippen LogP) is 3.96. The minimum atomic E-state index is -0.254. The number of para-hydroxylation sites is 1. The number of nitrogens with zero attached hydrogens (tertiary/aromatic N) is 1. The fraction of sp³-hybridized carbons (Fsp3) is 0.294. The molecule has 0 aliphatic rings. The van der Waals surface area contributed by atoms with Gasteiger partial charge in [0.05, 0.1) is 6.61 Å². The first-order valence-corrected chi connectivity index (χ1v) is 7.09. The van der Waals surface area contributed by atoms with Gasteiger partial charge in [-0.2, -0.15) is 0 Å². The lowest BCUT2D eigenvalue weighted by atomic mass is 10.1. The molecule has 0 saturated carbocycles. The van der Waals surface area contributed by atoms with E-state index in [2.05, 4.69) is 4.90 Å². The third-order valence-electron chi connectivity index (χ3n) is 3.32. The first-order valence-electron chi connectivity index (χ1n) is 7.09. The average Bonchev–Trinajstić information content (AvgIpc) is 2.49. The van der Waals surface area contributed by atoms with Crippen LogP contribution in [0.2, 0.25) is 0 Å². The first kappa shape index (κ1) is 15.2. The molecular weight excluding hydrogens is 269 g/mol. The Morgan fingerprint density at radius 1 is 1.10 bits per heavy atom. The van der Waals surface area contributed by atoms with Crippen LogP contribution >= 0.6 is 0 Å². The number of ether oxygens (including phenoxy) is 1. The number of phenolic OH excluding ortho intramolecular Hbond substituents is 1. The van der Waals surface area contributed by atoms with E-state index in [0.29, 0.717) is 18.9 Å². The molecule has 112 valence electrons. The maximum absolute atomic E-state index is 13.0. The number of hydrogen-bond donors (Lipinski definition) is 1. The Labute approximate surface area is 124 Å². The Morgan fingerprint density at radius 2 is 1.81 bits per heavy atom. The van der Waals surface area contributed by atoms with Crippen LogP contribution in [0.15, 0.2) is 42.5 Å². The fourth-order valence-corrected chi connectivity index (χ4v) is 2.21. The average molecular weight is 289 g/mol. The maximum atomic E-state index is 13.0. The van der Waals surface area contributed by atoms with E-state index < -0.39 is 0 Å². The van der Waals surface area contributed by atoms with E-state index in [4.69, 9.17) is 4.74 Å². The first-order chi connectivity index (χ1) is 10.2. The van der Waals surface area contributed by atoms with E-state index in [1.54, 1.807) is 18.2 Å². The van der Waals surface area contributed by atoms with Gasteiger partial charge in [-0.05, 0) is 44.2 Å². The van der Waals surface area contributed by atoms with E-state index in [1.807, 2.05) is 26.0 Å². The largest absolute Gasteiger partial charge is 0.504 e. The highest BCUT2D eigenvalue weighted by Gasteiger charge is 2.12. The third-order valence-corrected chi connectivity index (χ3v) is 3.32. The van der Waals surface area contributed by atoms with E-state index in [1.165, 1.54) is 12.1 Å². The van der Waals surface area contributed by atoms with Crippen molar-refractivity contribution in [3.05, 3.63) is 53.8 Å². The molecule has 0 aromatic heterocycles. The van der Waals surface area contributed by atoms with Gasteiger partial charge >= 0.3 is 0 Å². The van der Waals surface area contributed by atoms with Crippen LogP contribution in [0.3, 0.4) is 0 Å². The minimum Gasteiger partial charge on any atom is -0.504 e. The summed E-state index contributed by atoms with van der Waals surface area (Å²) in [6.07, 6.45) is 0. The molecule has 0 bridgehead atoms. The van der Waals surface area contributed by atoms with Gasteiger partial charge in [0.1, 0.15) is 5.82 Å². The molecule has 1 N–H and O–H groups in total. The molecule has 2 rings (SSSR count). The number of benzene rings is 2. The van der Waals surface area contributed by atoms with Crippen LogP contribution in [0.1, 0.15) is 19.4 Å². The zero-order chi connectivity index (χ0) is 15.2. The van der Waals surface area contributed by atoms with Crippen LogP contribution < -0.4 is 9.64 Å². The van der Waals surface area contributed by atoms with Crippen LogP contribution in [0.4, 0.5) is 10.1 Å². The van der Waals surface area contributed by atoms with E-state index >= 15 is 0 Å². The summed E-state index contributed by atoms with van der Waals surface area (Å²) in [7, 11) is 0. The second-order valence-corrected chi connectivity index (χ2v) is 4.69. The second-order valence-electron chi connectivity index (χ2n) is 4.69. The van der Waals surface area contributed by atoms with Crippen molar-refractivity contribution in [1.82, 2.24) is 0 Å². The molecule has 21 heavy (non-hydrogen) atoms. The van der Waals surface area contributed by atoms with Gasteiger partial charge < -0.3 is 14.7 Å². The topological polar surface area (TPSA) is 32.7 Å². The lowest BCUT2D eigenvalue weighted by molar-refractivity contribution is 0.316. The summed E-state index contributed by atoms with van der Waals surface area (Å²) >= 11 is 0. The Hall–Kier alpha value is -2.23. The number of hydrogen-bond acceptors (Lipinski definition) is 3. The van der Waals surface area contributed by atoms with Crippen molar-refractivity contribution in [1.29, 1.82) is 0 Å². The van der Waals surface area contributed by atoms with Crippen LogP contribution in [-0.2, 0) is 6.54 Å². The summed E-state index contributed by atoms with van der Waals surface area (Å²) < 4.78 is 18.4. The Morgan fingerprint density at radius 3 is 2.43 bits per heavy atom. The molecule has 0 amide bonds. The molecule has 0 fully saturated rings. The normalized spacial score (nSPS) is 10.4. The SMILES string of the molecule is CCOc1cccc(CN(CC)c2ccc(F)cc2)c1O. The molecule has 0 heterocycles. The van der Waals surface area contributed by atoms with Gasteiger partial charge in [0.15, 0.2) is 11.5 Å². The number of phenols is 1. The quantitative estimate of drug-likeness (QED) is 0.873.